The quantitative estimate of drug-likeness (QED) is 0.831. The summed E-state index contributed by atoms with van der Waals surface area (Å²) in [7, 11) is 1.62. The van der Waals surface area contributed by atoms with Gasteiger partial charge in [0, 0.05) is 43.6 Å². The molecule has 0 bridgehead atoms. The summed E-state index contributed by atoms with van der Waals surface area (Å²) in [6.07, 6.45) is 8.65. The van der Waals surface area contributed by atoms with Crippen molar-refractivity contribution in [3.63, 3.8) is 0 Å². The number of hydrogen-bond donors (Lipinski definition) is 1. The molecule has 0 unspecified atom stereocenters. The maximum atomic E-state index is 12.3. The highest BCUT2D eigenvalue weighted by Gasteiger charge is 2.42. The van der Waals surface area contributed by atoms with E-state index in [0.29, 0.717) is 18.9 Å². The maximum absolute atomic E-state index is 12.3. The Morgan fingerprint density at radius 2 is 2.14 bits per heavy atom. The van der Waals surface area contributed by atoms with E-state index in [2.05, 4.69) is 39.1 Å². The third kappa shape index (κ3) is 3.98. The molecule has 1 aromatic heterocycles. The molecule has 150 valence electrons. The fourth-order valence-electron chi connectivity index (χ4n) is 4.61. The molecule has 2 aromatic rings. The largest absolute Gasteiger partial charge is 0.384 e. The van der Waals surface area contributed by atoms with E-state index < -0.39 is 0 Å². The van der Waals surface area contributed by atoms with Gasteiger partial charge >= 0.3 is 0 Å². The van der Waals surface area contributed by atoms with Crippen molar-refractivity contribution in [1.82, 2.24) is 14.9 Å². The van der Waals surface area contributed by atoms with Crippen LogP contribution >= 0.6 is 0 Å². The lowest BCUT2D eigenvalue weighted by molar-refractivity contribution is -0.127. The minimum absolute atomic E-state index is 0.0185. The summed E-state index contributed by atoms with van der Waals surface area (Å²) in [4.78, 5) is 16.6. The van der Waals surface area contributed by atoms with Gasteiger partial charge in [-0.2, -0.15) is 0 Å². The summed E-state index contributed by atoms with van der Waals surface area (Å²) in [6, 6.07) is 8.67. The second kappa shape index (κ2) is 8.45. The Bertz CT molecular complexity index is 802. The lowest BCUT2D eigenvalue weighted by Crippen LogP contribution is -2.48. The smallest absolute Gasteiger partial charge is 0.222 e. The number of carbonyl (C=O) groups is 1. The number of nitrogens with one attached hydrogen (secondary N) is 1. The number of carbonyl (C=O) groups excluding carboxylic acids is 1. The molecular weight excluding hydrogens is 354 g/mol. The van der Waals surface area contributed by atoms with E-state index in [9.17, 15) is 4.79 Å². The van der Waals surface area contributed by atoms with Crippen LogP contribution in [0.25, 0.3) is 5.69 Å². The number of aromatic nitrogens is 2. The predicted molar refractivity (Wildman–Crippen MR) is 106 cm³/mol. The average Bonchev–Trinajstić information content (AvgIpc) is 3.35. The molecule has 1 amide bonds. The van der Waals surface area contributed by atoms with E-state index in [1.165, 1.54) is 12.0 Å². The molecule has 1 saturated carbocycles. The lowest BCUT2D eigenvalue weighted by Gasteiger charge is -2.39. The summed E-state index contributed by atoms with van der Waals surface area (Å²) in [5, 5.41) is 3.25. The third-order valence-corrected chi connectivity index (χ3v) is 6.08. The number of imidazole rings is 1. The molecule has 1 aromatic carbocycles. The zero-order valence-electron chi connectivity index (χ0n) is 16.6. The monoisotopic (exact) mass is 383 g/mol. The van der Waals surface area contributed by atoms with Crippen molar-refractivity contribution >= 4 is 5.91 Å². The average molecular weight is 383 g/mol. The van der Waals surface area contributed by atoms with E-state index in [1.807, 2.05) is 19.3 Å². The molecule has 1 N–H and O–H groups in total. The SMILES string of the molecule is COCCC(=O)N[C@@H]1C[C@H](c2ccc(-n3ccnc3C)cc2)O[C@@H]2CCC[C@@H]12. The highest BCUT2D eigenvalue weighted by atomic mass is 16.5. The van der Waals surface area contributed by atoms with Crippen LogP contribution in [0.3, 0.4) is 0 Å². The van der Waals surface area contributed by atoms with Crippen LogP contribution in [0.1, 0.15) is 49.6 Å². The second-order valence-electron chi connectivity index (χ2n) is 7.85. The van der Waals surface area contributed by atoms with Gasteiger partial charge in [0.05, 0.1) is 18.8 Å². The van der Waals surface area contributed by atoms with Crippen molar-refractivity contribution in [2.24, 2.45) is 5.92 Å². The summed E-state index contributed by atoms with van der Waals surface area (Å²) in [5.41, 5.74) is 2.26. The fraction of sp³-hybridized carbons (Fsp3) is 0.545. The van der Waals surface area contributed by atoms with E-state index in [-0.39, 0.29) is 24.2 Å². The number of ether oxygens (including phenoxy) is 2. The Hall–Kier alpha value is -2.18. The number of benzene rings is 1. The minimum atomic E-state index is 0.0185. The fourth-order valence-corrected chi connectivity index (χ4v) is 4.61. The number of aryl methyl sites for hydroxylation is 1. The van der Waals surface area contributed by atoms with Crippen molar-refractivity contribution < 1.29 is 14.3 Å². The highest BCUT2D eigenvalue weighted by molar-refractivity contribution is 5.76. The lowest BCUT2D eigenvalue weighted by atomic mass is 9.86. The summed E-state index contributed by atoms with van der Waals surface area (Å²) >= 11 is 0. The number of rotatable bonds is 6. The highest BCUT2D eigenvalue weighted by Crippen LogP contribution is 2.42. The van der Waals surface area contributed by atoms with Crippen LogP contribution in [0.15, 0.2) is 36.7 Å². The molecule has 2 heterocycles. The number of amides is 1. The van der Waals surface area contributed by atoms with Crippen molar-refractivity contribution in [2.75, 3.05) is 13.7 Å². The first-order chi connectivity index (χ1) is 13.7. The van der Waals surface area contributed by atoms with Crippen LogP contribution in [-0.4, -0.2) is 41.3 Å². The molecule has 6 nitrogen and oxygen atoms in total. The van der Waals surface area contributed by atoms with Crippen LogP contribution in [0.4, 0.5) is 0 Å². The topological polar surface area (TPSA) is 65.4 Å². The van der Waals surface area contributed by atoms with Gasteiger partial charge in [-0.1, -0.05) is 18.6 Å². The van der Waals surface area contributed by atoms with Gasteiger partial charge in [0.15, 0.2) is 0 Å². The maximum Gasteiger partial charge on any atom is 0.222 e. The second-order valence-corrected chi connectivity index (χ2v) is 7.85. The van der Waals surface area contributed by atoms with Crippen LogP contribution in [0.2, 0.25) is 0 Å². The van der Waals surface area contributed by atoms with Crippen molar-refractivity contribution in [3.8, 4) is 5.69 Å². The molecule has 1 saturated heterocycles. The van der Waals surface area contributed by atoms with E-state index in [1.54, 1.807) is 7.11 Å². The van der Waals surface area contributed by atoms with Crippen LogP contribution in [-0.2, 0) is 14.3 Å². The van der Waals surface area contributed by atoms with Gasteiger partial charge in [0.25, 0.3) is 0 Å². The van der Waals surface area contributed by atoms with E-state index in [4.69, 9.17) is 9.47 Å². The minimum Gasteiger partial charge on any atom is -0.384 e. The molecule has 2 aliphatic rings. The Morgan fingerprint density at radius 1 is 1.32 bits per heavy atom. The van der Waals surface area contributed by atoms with Crippen molar-refractivity contribution in [2.45, 2.75) is 57.3 Å². The molecular formula is C22H29N3O3. The standard InChI is InChI=1S/C22H29N3O3/c1-15-23-11-12-25(15)17-8-6-16(7-9-17)21-14-19(24-22(26)10-13-27-2)18-4-3-5-20(18)28-21/h6-9,11-12,18-21H,3-5,10,13-14H2,1-2H3,(H,24,26)/t18-,19+,20+,21+/m0/s1. The van der Waals surface area contributed by atoms with Crippen molar-refractivity contribution in [1.29, 1.82) is 0 Å². The van der Waals surface area contributed by atoms with Gasteiger partial charge < -0.3 is 19.4 Å². The first kappa shape index (κ1) is 19.2. The molecule has 28 heavy (non-hydrogen) atoms. The van der Waals surface area contributed by atoms with E-state index >= 15 is 0 Å². The molecule has 4 atom stereocenters. The van der Waals surface area contributed by atoms with Gasteiger partial charge in [0.2, 0.25) is 5.91 Å². The molecule has 1 aliphatic heterocycles. The van der Waals surface area contributed by atoms with Crippen molar-refractivity contribution in [3.05, 3.63) is 48.0 Å². The number of fused-ring (bicyclic) bond motifs is 1. The summed E-state index contributed by atoms with van der Waals surface area (Å²) < 4.78 is 13.6. The molecule has 0 spiro atoms. The van der Waals surface area contributed by atoms with E-state index in [0.717, 1.165) is 30.8 Å². The number of methoxy groups -OCH3 is 1. The normalized spacial score (nSPS) is 26.8. The third-order valence-electron chi connectivity index (χ3n) is 6.08. The Labute approximate surface area is 166 Å². The van der Waals surface area contributed by atoms with Crippen LogP contribution in [0, 0.1) is 12.8 Å². The van der Waals surface area contributed by atoms with Gasteiger partial charge in [-0.25, -0.2) is 4.98 Å². The van der Waals surface area contributed by atoms with Gasteiger partial charge in [-0.05, 0) is 43.9 Å². The predicted octanol–water partition coefficient (Wildman–Crippen LogP) is 3.33. The van der Waals surface area contributed by atoms with Crippen LogP contribution < -0.4 is 5.32 Å². The Kier molecular flexibility index (Phi) is 5.78. The summed E-state index contributed by atoms with van der Waals surface area (Å²) in [6.45, 7) is 2.46. The first-order valence-electron chi connectivity index (χ1n) is 10.2. The zero-order valence-corrected chi connectivity index (χ0v) is 16.6. The molecule has 0 radical (unpaired) electrons. The van der Waals surface area contributed by atoms with Gasteiger partial charge in [-0.3, -0.25) is 4.79 Å². The molecule has 1 aliphatic carbocycles. The molecule has 4 rings (SSSR count). The molecule has 6 heteroatoms. The Balaban J connectivity index is 1.48. The first-order valence-corrected chi connectivity index (χ1v) is 10.2. The van der Waals surface area contributed by atoms with Gasteiger partial charge in [-0.15, -0.1) is 0 Å². The van der Waals surface area contributed by atoms with Gasteiger partial charge in [0.1, 0.15) is 5.82 Å². The molecule has 2 fully saturated rings. The Morgan fingerprint density at radius 3 is 2.86 bits per heavy atom. The zero-order chi connectivity index (χ0) is 19.5. The van der Waals surface area contributed by atoms with Crippen LogP contribution in [0.5, 0.6) is 0 Å². The number of nitrogens with zero attached hydrogens (tertiary/aromatic N) is 2. The number of hydrogen-bond acceptors (Lipinski definition) is 4. The summed E-state index contributed by atoms with van der Waals surface area (Å²) in [5.74, 6) is 1.47.